The lowest BCUT2D eigenvalue weighted by molar-refractivity contribution is -0.384. The summed E-state index contributed by atoms with van der Waals surface area (Å²) in [5.74, 6) is -1.73. The predicted octanol–water partition coefficient (Wildman–Crippen LogP) is 3.16. The van der Waals surface area contributed by atoms with Crippen molar-refractivity contribution in [2.75, 3.05) is 5.32 Å². The number of alkyl halides is 3. The number of hydrogen-bond donors (Lipinski definition) is 1. The minimum absolute atomic E-state index is 0.0217. The van der Waals surface area contributed by atoms with Gasteiger partial charge in [-0.05, 0) is 24.3 Å². The van der Waals surface area contributed by atoms with Crippen LogP contribution in [-0.4, -0.2) is 15.4 Å². The van der Waals surface area contributed by atoms with E-state index >= 15 is 0 Å². The Bertz CT molecular complexity index is 1100. The molecule has 1 amide bonds. The molecular formula is C16H10F3N3O5. The molecule has 11 heteroatoms. The second kappa shape index (κ2) is 6.59. The summed E-state index contributed by atoms with van der Waals surface area (Å²) in [7, 11) is 0. The highest BCUT2D eigenvalue weighted by molar-refractivity contribution is 5.91. The highest BCUT2D eigenvalue weighted by atomic mass is 19.4. The summed E-state index contributed by atoms with van der Waals surface area (Å²) in [5.41, 5.74) is -1.30. The van der Waals surface area contributed by atoms with Crippen LogP contribution in [0.15, 0.2) is 51.7 Å². The maximum atomic E-state index is 12.7. The van der Waals surface area contributed by atoms with Crippen molar-refractivity contribution in [3.63, 3.8) is 0 Å². The van der Waals surface area contributed by atoms with E-state index in [1.165, 1.54) is 12.1 Å². The molecular weight excluding hydrogens is 371 g/mol. The molecule has 3 rings (SSSR count). The molecule has 1 heterocycles. The first-order valence-electron chi connectivity index (χ1n) is 7.40. The van der Waals surface area contributed by atoms with E-state index < -0.39 is 34.9 Å². The summed E-state index contributed by atoms with van der Waals surface area (Å²) in [5, 5.41) is 13.1. The molecule has 0 atom stereocenters. The summed E-state index contributed by atoms with van der Waals surface area (Å²) >= 11 is 0. The van der Waals surface area contributed by atoms with Gasteiger partial charge in [0.05, 0.1) is 16.0 Å². The fraction of sp³-hybridized carbons (Fsp3) is 0.125. The van der Waals surface area contributed by atoms with Crippen LogP contribution < -0.4 is 11.1 Å². The highest BCUT2D eigenvalue weighted by Gasteiger charge is 2.30. The number of oxazole rings is 1. The van der Waals surface area contributed by atoms with Crippen molar-refractivity contribution in [3.8, 4) is 0 Å². The third-order valence-corrected chi connectivity index (χ3v) is 3.64. The Morgan fingerprint density at radius 2 is 1.96 bits per heavy atom. The Morgan fingerprint density at radius 1 is 1.22 bits per heavy atom. The van der Waals surface area contributed by atoms with Crippen molar-refractivity contribution in [1.82, 2.24) is 4.57 Å². The Balaban J connectivity index is 1.86. The number of non-ortho nitro benzene ring substituents is 1. The second-order valence-corrected chi connectivity index (χ2v) is 5.49. The number of carbonyl (C=O) groups is 1. The maximum Gasteiger partial charge on any atom is 0.420 e. The number of nitrogens with one attached hydrogen (secondary N) is 1. The van der Waals surface area contributed by atoms with Crippen molar-refractivity contribution >= 4 is 28.4 Å². The first-order valence-corrected chi connectivity index (χ1v) is 7.40. The summed E-state index contributed by atoms with van der Waals surface area (Å²) in [4.78, 5) is 34.2. The fourth-order valence-electron chi connectivity index (χ4n) is 2.43. The molecule has 0 bridgehead atoms. The number of anilines is 1. The molecule has 0 unspecified atom stereocenters. The number of benzene rings is 2. The quantitative estimate of drug-likeness (QED) is 0.552. The molecule has 0 aliphatic heterocycles. The molecule has 27 heavy (non-hydrogen) atoms. The van der Waals surface area contributed by atoms with Crippen molar-refractivity contribution in [1.29, 1.82) is 0 Å². The Labute approximate surface area is 148 Å². The molecule has 0 aliphatic carbocycles. The van der Waals surface area contributed by atoms with Gasteiger partial charge >= 0.3 is 11.9 Å². The van der Waals surface area contributed by atoms with Crippen molar-refractivity contribution in [3.05, 3.63) is 68.7 Å². The van der Waals surface area contributed by atoms with Gasteiger partial charge in [-0.25, -0.2) is 4.79 Å². The standard InChI is InChI=1S/C16H10F3N3O5/c17-16(18,19)9-2-1-3-10(6-9)20-14(23)8-21-12-7-11(22(25)26)4-5-13(12)27-15(21)24/h1-7H,8H2,(H,20,23). The molecule has 0 aliphatic rings. The van der Waals surface area contributed by atoms with E-state index in [0.29, 0.717) is 0 Å². The van der Waals surface area contributed by atoms with Crippen LogP contribution in [-0.2, 0) is 17.5 Å². The lowest BCUT2D eigenvalue weighted by Gasteiger charge is -2.10. The lowest BCUT2D eigenvalue weighted by atomic mass is 10.2. The first kappa shape index (κ1) is 18.2. The molecule has 8 nitrogen and oxygen atoms in total. The van der Waals surface area contributed by atoms with Gasteiger partial charge in [0, 0.05) is 17.8 Å². The largest absolute Gasteiger partial charge is 0.420 e. The van der Waals surface area contributed by atoms with Gasteiger partial charge in [0.2, 0.25) is 5.91 Å². The zero-order chi connectivity index (χ0) is 19.8. The molecule has 0 fully saturated rings. The van der Waals surface area contributed by atoms with Crippen molar-refractivity contribution in [2.24, 2.45) is 0 Å². The molecule has 3 aromatic rings. The third-order valence-electron chi connectivity index (χ3n) is 3.64. The Morgan fingerprint density at radius 3 is 2.63 bits per heavy atom. The number of rotatable bonds is 4. The number of hydrogen-bond acceptors (Lipinski definition) is 5. The number of amides is 1. The summed E-state index contributed by atoms with van der Waals surface area (Å²) < 4.78 is 43.9. The number of halogens is 3. The maximum absolute atomic E-state index is 12.7. The van der Waals surface area contributed by atoms with Crippen LogP contribution in [0.4, 0.5) is 24.5 Å². The molecule has 2 aromatic carbocycles. The molecule has 0 spiro atoms. The Hall–Kier alpha value is -3.63. The van der Waals surface area contributed by atoms with Gasteiger partial charge in [0.25, 0.3) is 5.69 Å². The SMILES string of the molecule is O=C(Cn1c(=O)oc2ccc([N+](=O)[O-])cc21)Nc1cccc(C(F)(F)F)c1. The molecule has 0 saturated heterocycles. The second-order valence-electron chi connectivity index (χ2n) is 5.49. The van der Waals surface area contributed by atoms with E-state index in [0.717, 1.165) is 34.9 Å². The van der Waals surface area contributed by atoms with Crippen LogP contribution in [0.5, 0.6) is 0 Å². The van der Waals surface area contributed by atoms with Gasteiger partial charge in [-0.2, -0.15) is 13.2 Å². The summed E-state index contributed by atoms with van der Waals surface area (Å²) in [6.07, 6.45) is -4.57. The zero-order valence-electron chi connectivity index (χ0n) is 13.3. The van der Waals surface area contributed by atoms with Gasteiger partial charge < -0.3 is 9.73 Å². The van der Waals surface area contributed by atoms with Gasteiger partial charge in [-0.3, -0.25) is 19.5 Å². The molecule has 1 N–H and O–H groups in total. The number of nitro benzene ring substituents is 1. The minimum Gasteiger partial charge on any atom is -0.408 e. The molecule has 0 saturated carbocycles. The molecule has 1 aromatic heterocycles. The number of carbonyl (C=O) groups excluding carboxylic acids is 1. The smallest absolute Gasteiger partial charge is 0.408 e. The van der Waals surface area contributed by atoms with E-state index in [1.54, 1.807) is 0 Å². The third kappa shape index (κ3) is 3.81. The number of aromatic nitrogens is 1. The van der Waals surface area contributed by atoms with Crippen LogP contribution in [0.1, 0.15) is 5.56 Å². The average Bonchev–Trinajstić information content (AvgIpc) is 2.89. The van der Waals surface area contributed by atoms with Gasteiger partial charge in [-0.1, -0.05) is 6.07 Å². The number of nitro groups is 1. The predicted molar refractivity (Wildman–Crippen MR) is 87.2 cm³/mol. The minimum atomic E-state index is -4.57. The van der Waals surface area contributed by atoms with E-state index in [2.05, 4.69) is 5.32 Å². The summed E-state index contributed by atoms with van der Waals surface area (Å²) in [6.45, 7) is -0.594. The topological polar surface area (TPSA) is 107 Å². The van der Waals surface area contributed by atoms with E-state index in [1.807, 2.05) is 0 Å². The van der Waals surface area contributed by atoms with E-state index in [4.69, 9.17) is 4.42 Å². The Kier molecular flexibility index (Phi) is 4.44. The van der Waals surface area contributed by atoms with Crippen LogP contribution in [0.25, 0.3) is 11.1 Å². The van der Waals surface area contributed by atoms with E-state index in [9.17, 15) is 32.9 Å². The van der Waals surface area contributed by atoms with Crippen LogP contribution in [0.3, 0.4) is 0 Å². The normalized spacial score (nSPS) is 11.5. The monoisotopic (exact) mass is 381 g/mol. The van der Waals surface area contributed by atoms with Crippen LogP contribution in [0.2, 0.25) is 0 Å². The lowest BCUT2D eigenvalue weighted by Crippen LogP contribution is -2.25. The van der Waals surface area contributed by atoms with Crippen molar-refractivity contribution in [2.45, 2.75) is 12.7 Å². The fourth-order valence-corrected chi connectivity index (χ4v) is 2.43. The van der Waals surface area contributed by atoms with Crippen LogP contribution in [0, 0.1) is 10.1 Å². The van der Waals surface area contributed by atoms with Gasteiger partial charge in [0.15, 0.2) is 5.58 Å². The number of fused-ring (bicyclic) bond motifs is 1. The van der Waals surface area contributed by atoms with Gasteiger partial charge in [-0.15, -0.1) is 0 Å². The average molecular weight is 381 g/mol. The molecule has 140 valence electrons. The van der Waals surface area contributed by atoms with Crippen molar-refractivity contribution < 1.29 is 27.3 Å². The van der Waals surface area contributed by atoms with Crippen LogP contribution >= 0.6 is 0 Å². The zero-order valence-corrected chi connectivity index (χ0v) is 13.3. The first-order chi connectivity index (χ1) is 12.6. The van der Waals surface area contributed by atoms with Gasteiger partial charge in [0.1, 0.15) is 6.54 Å². The molecule has 0 radical (unpaired) electrons. The summed E-state index contributed by atoms with van der Waals surface area (Å²) in [6, 6.07) is 7.41. The highest BCUT2D eigenvalue weighted by Crippen LogP contribution is 2.30. The van der Waals surface area contributed by atoms with E-state index in [-0.39, 0.29) is 22.5 Å². The number of nitrogens with zero attached hydrogens (tertiary/aromatic N) is 2.